The summed E-state index contributed by atoms with van der Waals surface area (Å²) in [5, 5.41) is 0. The second kappa shape index (κ2) is 6.12. The van der Waals surface area contributed by atoms with Gasteiger partial charge in [-0.15, -0.1) is 0 Å². The summed E-state index contributed by atoms with van der Waals surface area (Å²) in [4.78, 5) is 0. The van der Waals surface area contributed by atoms with E-state index in [2.05, 4.69) is 30.2 Å². The molecule has 62 valence electrons. The standard InChI is InChI=1S/C8H19OP/c1-7(2)4-5-8(3)6-9-10/h7-8H,4-6,10H2,1-3H3. The van der Waals surface area contributed by atoms with Gasteiger partial charge in [0, 0.05) is 9.47 Å². The molecule has 2 atom stereocenters. The van der Waals surface area contributed by atoms with Gasteiger partial charge in [0.1, 0.15) is 0 Å². The highest BCUT2D eigenvalue weighted by atomic mass is 31.0. The molecule has 0 aromatic heterocycles. The zero-order chi connectivity index (χ0) is 7.98. The molecule has 0 N–H and O–H groups in total. The normalized spacial score (nSPS) is 14.1. The molecule has 0 saturated carbocycles. The molecule has 0 amide bonds. The fourth-order valence-electron chi connectivity index (χ4n) is 0.865. The van der Waals surface area contributed by atoms with Crippen LogP contribution in [0, 0.1) is 11.8 Å². The van der Waals surface area contributed by atoms with Crippen molar-refractivity contribution >= 4 is 9.47 Å². The molecule has 0 aromatic carbocycles. The highest BCUT2D eigenvalue weighted by Crippen LogP contribution is 2.12. The van der Waals surface area contributed by atoms with Gasteiger partial charge in [-0.1, -0.05) is 27.2 Å². The van der Waals surface area contributed by atoms with Crippen molar-refractivity contribution in [2.24, 2.45) is 11.8 Å². The van der Waals surface area contributed by atoms with Crippen LogP contribution in [0.15, 0.2) is 0 Å². The van der Waals surface area contributed by atoms with E-state index in [-0.39, 0.29) is 0 Å². The zero-order valence-electron chi connectivity index (χ0n) is 7.26. The Labute approximate surface area is 66.8 Å². The Bertz CT molecular complexity index is 73.7. The van der Waals surface area contributed by atoms with Crippen LogP contribution in [-0.2, 0) is 4.52 Å². The predicted molar refractivity (Wildman–Crippen MR) is 48.9 cm³/mol. The quantitative estimate of drug-likeness (QED) is 0.565. The van der Waals surface area contributed by atoms with Crippen LogP contribution in [-0.4, -0.2) is 6.61 Å². The first-order valence-corrected chi connectivity index (χ1v) is 4.45. The Morgan fingerprint density at radius 1 is 1.20 bits per heavy atom. The minimum absolute atomic E-state index is 0.708. The van der Waals surface area contributed by atoms with Gasteiger partial charge in [0.2, 0.25) is 0 Å². The van der Waals surface area contributed by atoms with Gasteiger partial charge in [0.05, 0.1) is 6.61 Å². The third-order valence-corrected chi connectivity index (χ3v) is 1.81. The van der Waals surface area contributed by atoms with E-state index in [0.717, 1.165) is 12.5 Å². The summed E-state index contributed by atoms with van der Waals surface area (Å²) in [6, 6.07) is 0. The monoisotopic (exact) mass is 162 g/mol. The van der Waals surface area contributed by atoms with E-state index in [1.54, 1.807) is 0 Å². The maximum atomic E-state index is 4.95. The molecule has 0 saturated heterocycles. The molecule has 0 heterocycles. The van der Waals surface area contributed by atoms with Gasteiger partial charge in [0.15, 0.2) is 0 Å². The lowest BCUT2D eigenvalue weighted by Gasteiger charge is -2.10. The van der Waals surface area contributed by atoms with Gasteiger partial charge in [-0.25, -0.2) is 0 Å². The van der Waals surface area contributed by atoms with Crippen molar-refractivity contribution in [3.05, 3.63) is 0 Å². The van der Waals surface area contributed by atoms with Crippen LogP contribution >= 0.6 is 9.47 Å². The molecule has 0 aliphatic heterocycles. The van der Waals surface area contributed by atoms with E-state index in [0.29, 0.717) is 5.92 Å². The first-order valence-electron chi connectivity index (χ1n) is 3.98. The molecular formula is C8H19OP. The van der Waals surface area contributed by atoms with Crippen molar-refractivity contribution in [2.75, 3.05) is 6.61 Å². The molecule has 10 heavy (non-hydrogen) atoms. The van der Waals surface area contributed by atoms with E-state index < -0.39 is 0 Å². The fourth-order valence-corrected chi connectivity index (χ4v) is 1.19. The zero-order valence-corrected chi connectivity index (χ0v) is 8.42. The van der Waals surface area contributed by atoms with Crippen LogP contribution in [0.5, 0.6) is 0 Å². The summed E-state index contributed by atoms with van der Waals surface area (Å²) in [6.07, 6.45) is 2.60. The molecule has 0 radical (unpaired) electrons. The third-order valence-electron chi connectivity index (χ3n) is 1.62. The van der Waals surface area contributed by atoms with Crippen LogP contribution in [0.1, 0.15) is 33.6 Å². The van der Waals surface area contributed by atoms with E-state index in [1.807, 2.05) is 0 Å². The molecule has 0 rings (SSSR count). The van der Waals surface area contributed by atoms with E-state index in [4.69, 9.17) is 4.52 Å². The second-order valence-electron chi connectivity index (χ2n) is 3.41. The summed E-state index contributed by atoms with van der Waals surface area (Å²) in [7, 11) is 2.30. The van der Waals surface area contributed by atoms with Crippen LogP contribution in [0.2, 0.25) is 0 Å². The van der Waals surface area contributed by atoms with Gasteiger partial charge in [0.25, 0.3) is 0 Å². The van der Waals surface area contributed by atoms with Crippen LogP contribution in [0.4, 0.5) is 0 Å². The third kappa shape index (κ3) is 6.51. The Morgan fingerprint density at radius 2 is 1.80 bits per heavy atom. The Balaban J connectivity index is 3.12. The molecule has 0 aromatic rings. The first kappa shape index (κ1) is 10.4. The van der Waals surface area contributed by atoms with Gasteiger partial charge in [-0.3, -0.25) is 0 Å². The molecule has 0 spiro atoms. The van der Waals surface area contributed by atoms with Crippen molar-refractivity contribution in [3.63, 3.8) is 0 Å². The average molecular weight is 162 g/mol. The lowest BCUT2D eigenvalue weighted by Crippen LogP contribution is -2.02. The van der Waals surface area contributed by atoms with Gasteiger partial charge in [-0.2, -0.15) is 0 Å². The maximum Gasteiger partial charge on any atom is 0.0527 e. The Kier molecular flexibility index (Phi) is 6.36. The Morgan fingerprint density at radius 3 is 2.20 bits per heavy atom. The van der Waals surface area contributed by atoms with Gasteiger partial charge in [-0.05, 0) is 18.3 Å². The molecule has 0 fully saturated rings. The number of hydrogen-bond donors (Lipinski definition) is 0. The maximum absolute atomic E-state index is 4.95. The van der Waals surface area contributed by atoms with E-state index in [1.165, 1.54) is 12.8 Å². The molecular weight excluding hydrogens is 143 g/mol. The molecule has 1 nitrogen and oxygen atoms in total. The summed E-state index contributed by atoms with van der Waals surface area (Å²) < 4.78 is 4.95. The summed E-state index contributed by atoms with van der Waals surface area (Å²) in [5.41, 5.74) is 0. The highest BCUT2D eigenvalue weighted by molar-refractivity contribution is 7.09. The molecule has 0 bridgehead atoms. The van der Waals surface area contributed by atoms with E-state index in [9.17, 15) is 0 Å². The molecule has 0 aliphatic rings. The lowest BCUT2D eigenvalue weighted by molar-refractivity contribution is 0.279. The Hall–Kier alpha value is 0.390. The van der Waals surface area contributed by atoms with Crippen molar-refractivity contribution < 1.29 is 4.52 Å². The summed E-state index contributed by atoms with van der Waals surface area (Å²) in [6.45, 7) is 7.62. The van der Waals surface area contributed by atoms with Crippen LogP contribution in [0.25, 0.3) is 0 Å². The largest absolute Gasteiger partial charge is 0.365 e. The van der Waals surface area contributed by atoms with Crippen molar-refractivity contribution in [1.29, 1.82) is 0 Å². The predicted octanol–water partition coefficient (Wildman–Crippen LogP) is 2.87. The van der Waals surface area contributed by atoms with Crippen LogP contribution in [0.3, 0.4) is 0 Å². The summed E-state index contributed by atoms with van der Waals surface area (Å²) >= 11 is 0. The van der Waals surface area contributed by atoms with Crippen LogP contribution < -0.4 is 0 Å². The van der Waals surface area contributed by atoms with Crippen molar-refractivity contribution in [1.82, 2.24) is 0 Å². The smallest absolute Gasteiger partial charge is 0.0527 e. The minimum Gasteiger partial charge on any atom is -0.365 e. The minimum atomic E-state index is 0.708. The topological polar surface area (TPSA) is 9.23 Å². The number of rotatable bonds is 5. The second-order valence-corrected chi connectivity index (χ2v) is 3.74. The summed E-state index contributed by atoms with van der Waals surface area (Å²) in [5.74, 6) is 1.53. The highest BCUT2D eigenvalue weighted by Gasteiger charge is 2.01. The average Bonchev–Trinajstić information content (AvgIpc) is 1.85. The molecule has 0 aliphatic carbocycles. The lowest BCUT2D eigenvalue weighted by atomic mass is 10.0. The van der Waals surface area contributed by atoms with Crippen molar-refractivity contribution in [3.8, 4) is 0 Å². The SMILES string of the molecule is CC(C)CCC(C)COP. The van der Waals surface area contributed by atoms with E-state index >= 15 is 0 Å². The molecule has 2 heteroatoms. The van der Waals surface area contributed by atoms with Gasteiger partial charge < -0.3 is 4.52 Å². The first-order chi connectivity index (χ1) is 4.66. The number of hydrogen-bond acceptors (Lipinski definition) is 1. The fraction of sp³-hybridized carbons (Fsp3) is 1.00. The van der Waals surface area contributed by atoms with Gasteiger partial charge >= 0.3 is 0 Å². The molecule has 2 unspecified atom stereocenters. The van der Waals surface area contributed by atoms with Crippen molar-refractivity contribution in [2.45, 2.75) is 33.6 Å².